The Kier molecular flexibility index (Phi) is 7.36. The molecule has 9 heavy (non-hydrogen) atoms. The van der Waals surface area contributed by atoms with Gasteiger partial charge in [-0.1, -0.05) is 0 Å². The zero-order valence-electron chi connectivity index (χ0n) is 5.18. The molecule has 0 saturated carbocycles. The summed E-state index contributed by atoms with van der Waals surface area (Å²) in [6.45, 7) is 0. The van der Waals surface area contributed by atoms with Crippen LogP contribution in [0.1, 0.15) is 6.42 Å². The maximum Gasteiger partial charge on any atom is 2.00 e. The summed E-state index contributed by atoms with van der Waals surface area (Å²) in [5.74, 6) is 0. The summed E-state index contributed by atoms with van der Waals surface area (Å²) < 4.78 is 0. The van der Waals surface area contributed by atoms with Crippen molar-refractivity contribution in [2.24, 2.45) is 0 Å². The fraction of sp³-hybridized carbons (Fsp3) is 0.143. The van der Waals surface area contributed by atoms with Crippen molar-refractivity contribution in [1.29, 1.82) is 0 Å². The van der Waals surface area contributed by atoms with E-state index < -0.39 is 0 Å². The summed E-state index contributed by atoms with van der Waals surface area (Å²) in [4.78, 5) is 9.77. The molecule has 0 saturated heterocycles. The smallest absolute Gasteiger partial charge is 0.419 e. The van der Waals surface area contributed by atoms with E-state index in [2.05, 4.69) is 0 Å². The minimum Gasteiger partial charge on any atom is -0.419 e. The number of hydrogen-bond acceptors (Lipinski definition) is 1. The second-order valence-electron chi connectivity index (χ2n) is 1.43. The molecule has 0 spiro atoms. The molecule has 0 heterocycles. The van der Waals surface area contributed by atoms with Gasteiger partial charge < -0.3 is 12.2 Å². The number of carbonyl (C=O) groups excluding carboxylic acids is 1. The minimum atomic E-state index is 0. The van der Waals surface area contributed by atoms with Crippen LogP contribution in [0.4, 0.5) is 0 Å². The molecule has 1 aliphatic carbocycles. The van der Waals surface area contributed by atoms with Crippen molar-refractivity contribution in [3.63, 3.8) is 0 Å². The Bertz CT molecular complexity index is 136. The largest absolute Gasteiger partial charge is 2.00 e. The van der Waals surface area contributed by atoms with Crippen molar-refractivity contribution >= 4 is 6.29 Å². The third-order valence-corrected chi connectivity index (χ3v) is 0.902. The molecule has 0 amide bonds. The zero-order valence-corrected chi connectivity index (χ0v) is 6.22. The van der Waals surface area contributed by atoms with E-state index in [9.17, 15) is 4.79 Å². The number of rotatable bonds is 1. The SMILES string of the molecule is O=[C-]C1=CC=CC1.[CH3-].[Co+2]. The third kappa shape index (κ3) is 3.27. The summed E-state index contributed by atoms with van der Waals surface area (Å²) in [6, 6.07) is 0. The Balaban J connectivity index is 0. The molecule has 0 N–H and O–H groups in total. The van der Waals surface area contributed by atoms with Gasteiger partial charge >= 0.3 is 16.8 Å². The van der Waals surface area contributed by atoms with Crippen LogP contribution in [-0.2, 0) is 21.6 Å². The van der Waals surface area contributed by atoms with Crippen LogP contribution in [0.2, 0.25) is 0 Å². The normalized spacial score (nSPS) is 13.1. The van der Waals surface area contributed by atoms with E-state index >= 15 is 0 Å². The summed E-state index contributed by atoms with van der Waals surface area (Å²) >= 11 is 0. The molecule has 51 valence electrons. The molecule has 0 aliphatic heterocycles. The van der Waals surface area contributed by atoms with E-state index in [0.29, 0.717) is 0 Å². The first-order chi connectivity index (χ1) is 3.43. The first-order valence-electron chi connectivity index (χ1n) is 2.17. The van der Waals surface area contributed by atoms with Gasteiger partial charge in [0.15, 0.2) is 0 Å². The van der Waals surface area contributed by atoms with E-state index in [1.165, 1.54) is 0 Å². The van der Waals surface area contributed by atoms with Gasteiger partial charge in [0, 0.05) is 0 Å². The maximum atomic E-state index is 9.77. The van der Waals surface area contributed by atoms with Crippen LogP contribution in [-0.4, -0.2) is 6.29 Å². The first kappa shape index (κ1) is 11.5. The van der Waals surface area contributed by atoms with Crippen LogP contribution in [0.25, 0.3) is 0 Å². The van der Waals surface area contributed by atoms with Gasteiger partial charge in [0.2, 0.25) is 0 Å². The monoisotopic (exact) mass is 167 g/mol. The summed E-state index contributed by atoms with van der Waals surface area (Å²) in [6.07, 6.45) is 8.14. The fourth-order valence-electron chi connectivity index (χ4n) is 0.523. The van der Waals surface area contributed by atoms with Crippen LogP contribution in [0.3, 0.4) is 0 Å². The van der Waals surface area contributed by atoms with Crippen LogP contribution in [0.5, 0.6) is 0 Å². The molecule has 1 rings (SSSR count). The van der Waals surface area contributed by atoms with Gasteiger partial charge in [-0.05, 0) is 12.7 Å². The van der Waals surface area contributed by atoms with Crippen LogP contribution >= 0.6 is 0 Å². The van der Waals surface area contributed by atoms with Gasteiger partial charge in [0.05, 0.1) is 0 Å². The Morgan fingerprint density at radius 2 is 2.22 bits per heavy atom. The van der Waals surface area contributed by atoms with Gasteiger partial charge in [0.25, 0.3) is 0 Å². The van der Waals surface area contributed by atoms with Crippen molar-refractivity contribution in [3.05, 3.63) is 31.2 Å². The van der Waals surface area contributed by atoms with E-state index in [0.717, 1.165) is 12.0 Å². The molecular weight excluding hydrogens is 159 g/mol. The van der Waals surface area contributed by atoms with Gasteiger partial charge in [0.1, 0.15) is 0 Å². The topological polar surface area (TPSA) is 17.1 Å². The van der Waals surface area contributed by atoms with E-state index in [-0.39, 0.29) is 24.2 Å². The Hall–Kier alpha value is -0.344. The average molecular weight is 167 g/mol. The van der Waals surface area contributed by atoms with Crippen molar-refractivity contribution in [2.75, 3.05) is 0 Å². The standard InChI is InChI=1S/C6H5O.CH3.Co/c7-5-6-3-1-2-4-6;;/h1-3H,4H2;1H3;/q2*-1;+2. The summed E-state index contributed by atoms with van der Waals surface area (Å²) in [7, 11) is 0. The second-order valence-corrected chi connectivity index (χ2v) is 1.43. The second kappa shape index (κ2) is 5.79. The van der Waals surface area contributed by atoms with Crippen molar-refractivity contribution in [3.8, 4) is 0 Å². The van der Waals surface area contributed by atoms with E-state index in [4.69, 9.17) is 0 Å². The molecule has 0 aromatic rings. The van der Waals surface area contributed by atoms with Crippen LogP contribution in [0.15, 0.2) is 23.8 Å². The summed E-state index contributed by atoms with van der Waals surface area (Å²) in [5.41, 5.74) is 0.750. The molecule has 0 unspecified atom stereocenters. The van der Waals surface area contributed by atoms with Crippen molar-refractivity contribution in [1.82, 2.24) is 0 Å². The molecule has 1 radical (unpaired) electrons. The Morgan fingerprint density at radius 3 is 2.44 bits per heavy atom. The van der Waals surface area contributed by atoms with Gasteiger partial charge in [-0.3, -0.25) is 0 Å². The molecule has 0 aromatic heterocycles. The molecular formula is C7H8CoO. The predicted molar refractivity (Wildman–Crippen MR) is 33.9 cm³/mol. The fourth-order valence-corrected chi connectivity index (χ4v) is 0.523. The van der Waals surface area contributed by atoms with Gasteiger partial charge in [-0.25, -0.2) is 6.08 Å². The van der Waals surface area contributed by atoms with Gasteiger partial charge in [-0.2, -0.15) is 5.57 Å². The predicted octanol–water partition coefficient (Wildman–Crippen LogP) is 1.43. The average Bonchev–Trinajstić information content (AvgIpc) is 2.14. The quantitative estimate of drug-likeness (QED) is 0.540. The zero-order chi connectivity index (χ0) is 5.11. The molecule has 0 bridgehead atoms. The van der Waals surface area contributed by atoms with Crippen molar-refractivity contribution < 1.29 is 21.6 Å². The Morgan fingerprint density at radius 1 is 1.56 bits per heavy atom. The van der Waals surface area contributed by atoms with E-state index in [1.807, 2.05) is 18.4 Å². The number of allylic oxidation sites excluding steroid dienone is 4. The maximum absolute atomic E-state index is 9.77. The molecule has 1 nitrogen and oxygen atoms in total. The molecule has 0 aromatic carbocycles. The van der Waals surface area contributed by atoms with Crippen molar-refractivity contribution in [2.45, 2.75) is 6.42 Å². The first-order valence-corrected chi connectivity index (χ1v) is 2.17. The van der Waals surface area contributed by atoms with E-state index in [1.54, 1.807) is 6.08 Å². The van der Waals surface area contributed by atoms with Gasteiger partial charge in [-0.15, -0.1) is 12.2 Å². The third-order valence-electron chi connectivity index (χ3n) is 0.902. The Labute approximate surface area is 66.0 Å². The molecule has 0 fully saturated rings. The summed E-state index contributed by atoms with van der Waals surface area (Å²) in [5, 5.41) is 0. The van der Waals surface area contributed by atoms with Crippen LogP contribution < -0.4 is 0 Å². The molecule has 0 atom stereocenters. The number of hydrogen-bond donors (Lipinski definition) is 0. The van der Waals surface area contributed by atoms with Crippen LogP contribution in [0, 0.1) is 7.43 Å². The minimum absolute atomic E-state index is 0. The molecule has 2 heteroatoms. The molecule has 1 aliphatic rings.